The fraction of sp³-hybridized carbons (Fsp3) is 0.909. The third-order valence-electron chi connectivity index (χ3n) is 2.61. The second kappa shape index (κ2) is 6.02. The molecule has 1 heterocycles. The highest BCUT2D eigenvalue weighted by Crippen LogP contribution is 2.10. The number of carbonyl (C=O) groups is 1. The third-order valence-corrected chi connectivity index (χ3v) is 2.61. The van der Waals surface area contributed by atoms with Crippen molar-refractivity contribution < 1.29 is 9.53 Å². The third kappa shape index (κ3) is 3.66. The van der Waals surface area contributed by atoms with Gasteiger partial charge in [0.2, 0.25) is 0 Å². The van der Waals surface area contributed by atoms with Gasteiger partial charge in [0.1, 0.15) is 6.04 Å². The van der Waals surface area contributed by atoms with Crippen LogP contribution >= 0.6 is 0 Å². The van der Waals surface area contributed by atoms with E-state index in [1.54, 1.807) is 0 Å². The van der Waals surface area contributed by atoms with Crippen LogP contribution < -0.4 is 5.32 Å². The van der Waals surface area contributed by atoms with Crippen LogP contribution in [0.5, 0.6) is 0 Å². The molecule has 1 aliphatic heterocycles. The number of ether oxygens (including phenoxy) is 1. The molecular formula is C11H21NO2. The normalized spacial score (nSPS) is 24.3. The van der Waals surface area contributed by atoms with Crippen LogP contribution in [0.3, 0.4) is 0 Å². The van der Waals surface area contributed by atoms with Crippen molar-refractivity contribution in [1.82, 2.24) is 5.32 Å². The largest absolute Gasteiger partial charge is 0.462 e. The number of carbonyl (C=O) groups excluding carboxylic acids is 1. The van der Waals surface area contributed by atoms with Crippen LogP contribution in [0.4, 0.5) is 0 Å². The first kappa shape index (κ1) is 11.5. The second-order valence-electron chi connectivity index (χ2n) is 4.04. The Hall–Kier alpha value is -0.570. The molecule has 2 atom stereocenters. The molecule has 14 heavy (non-hydrogen) atoms. The van der Waals surface area contributed by atoms with Crippen molar-refractivity contribution in [2.24, 2.45) is 0 Å². The lowest BCUT2D eigenvalue weighted by molar-refractivity contribution is -0.151. The van der Waals surface area contributed by atoms with Gasteiger partial charge in [0.15, 0.2) is 0 Å². The average molecular weight is 199 g/mol. The summed E-state index contributed by atoms with van der Waals surface area (Å²) >= 11 is 0. The molecule has 0 aliphatic carbocycles. The molecule has 0 spiro atoms. The number of hydrogen-bond donors (Lipinski definition) is 1. The smallest absolute Gasteiger partial charge is 0.323 e. The Balaban J connectivity index is 2.25. The lowest BCUT2D eigenvalue weighted by Crippen LogP contribution is -2.42. The molecule has 3 nitrogen and oxygen atoms in total. The summed E-state index contributed by atoms with van der Waals surface area (Å²) in [6, 6.07) is -0.0527. The van der Waals surface area contributed by atoms with Crippen molar-refractivity contribution in [1.29, 1.82) is 0 Å². The van der Waals surface area contributed by atoms with E-state index >= 15 is 0 Å². The Morgan fingerprint density at radius 1 is 1.57 bits per heavy atom. The Morgan fingerprint density at radius 2 is 2.36 bits per heavy atom. The van der Waals surface area contributed by atoms with E-state index in [0.717, 1.165) is 32.2 Å². The Labute approximate surface area is 86.2 Å². The summed E-state index contributed by atoms with van der Waals surface area (Å²) in [4.78, 5) is 11.6. The minimum absolute atomic E-state index is 0.0527. The zero-order chi connectivity index (χ0) is 10.4. The molecule has 0 bridgehead atoms. The summed E-state index contributed by atoms with van der Waals surface area (Å²) in [7, 11) is 0. The first-order valence-electron chi connectivity index (χ1n) is 5.68. The van der Waals surface area contributed by atoms with E-state index in [0.29, 0.717) is 0 Å². The molecule has 82 valence electrons. The fourth-order valence-corrected chi connectivity index (χ4v) is 1.80. The van der Waals surface area contributed by atoms with Gasteiger partial charge in [0.25, 0.3) is 0 Å². The van der Waals surface area contributed by atoms with Gasteiger partial charge in [-0.15, -0.1) is 0 Å². The molecular weight excluding hydrogens is 178 g/mol. The van der Waals surface area contributed by atoms with E-state index in [-0.39, 0.29) is 18.1 Å². The Kier molecular flexibility index (Phi) is 4.94. The van der Waals surface area contributed by atoms with Gasteiger partial charge in [-0.05, 0) is 32.7 Å². The van der Waals surface area contributed by atoms with Crippen molar-refractivity contribution in [3.05, 3.63) is 0 Å². The van der Waals surface area contributed by atoms with Crippen LogP contribution in [-0.4, -0.2) is 24.7 Å². The van der Waals surface area contributed by atoms with Crippen molar-refractivity contribution in [2.45, 2.75) is 58.1 Å². The lowest BCUT2D eigenvalue weighted by Gasteiger charge is -2.23. The van der Waals surface area contributed by atoms with E-state index in [9.17, 15) is 4.79 Å². The lowest BCUT2D eigenvalue weighted by atomic mass is 10.1. The summed E-state index contributed by atoms with van der Waals surface area (Å²) < 4.78 is 5.33. The highest BCUT2D eigenvalue weighted by Gasteiger charge is 2.23. The molecule has 1 aliphatic rings. The molecule has 1 saturated heterocycles. The van der Waals surface area contributed by atoms with Crippen LogP contribution in [0.15, 0.2) is 0 Å². The summed E-state index contributed by atoms with van der Waals surface area (Å²) in [5, 5.41) is 3.19. The zero-order valence-electron chi connectivity index (χ0n) is 9.21. The Bertz CT molecular complexity index is 176. The molecule has 3 heteroatoms. The molecule has 0 amide bonds. The summed E-state index contributed by atoms with van der Waals surface area (Å²) in [6.45, 7) is 5.01. The van der Waals surface area contributed by atoms with E-state index in [1.807, 2.05) is 6.92 Å². The maximum atomic E-state index is 11.6. The van der Waals surface area contributed by atoms with Gasteiger partial charge in [0.05, 0.1) is 6.10 Å². The van der Waals surface area contributed by atoms with Crippen molar-refractivity contribution >= 4 is 5.97 Å². The van der Waals surface area contributed by atoms with Crippen molar-refractivity contribution in [3.63, 3.8) is 0 Å². The standard InChI is InChI=1S/C11H21NO2/c1-3-6-9(2)14-11(13)10-7-4-5-8-12-10/h9-10,12H,3-8H2,1-2H3/t9?,10-/m0/s1. The van der Waals surface area contributed by atoms with Crippen LogP contribution in [-0.2, 0) is 9.53 Å². The van der Waals surface area contributed by atoms with Gasteiger partial charge in [0, 0.05) is 0 Å². The first-order chi connectivity index (χ1) is 6.74. The van der Waals surface area contributed by atoms with Gasteiger partial charge in [-0.2, -0.15) is 0 Å². The number of esters is 1. The predicted octanol–water partition coefficient (Wildman–Crippen LogP) is 1.86. The number of rotatable bonds is 4. The highest BCUT2D eigenvalue weighted by atomic mass is 16.5. The number of hydrogen-bond acceptors (Lipinski definition) is 3. The molecule has 1 N–H and O–H groups in total. The van der Waals surface area contributed by atoms with Gasteiger partial charge >= 0.3 is 5.97 Å². The SMILES string of the molecule is CCCC(C)OC(=O)[C@@H]1CCCCN1. The highest BCUT2D eigenvalue weighted by molar-refractivity contribution is 5.76. The van der Waals surface area contributed by atoms with Crippen LogP contribution in [0.25, 0.3) is 0 Å². The summed E-state index contributed by atoms with van der Waals surface area (Å²) in [6.07, 6.45) is 5.32. The van der Waals surface area contributed by atoms with Gasteiger partial charge < -0.3 is 10.1 Å². The summed E-state index contributed by atoms with van der Waals surface area (Å²) in [5.74, 6) is -0.0642. The Morgan fingerprint density at radius 3 is 2.93 bits per heavy atom. The molecule has 0 saturated carbocycles. The topological polar surface area (TPSA) is 38.3 Å². The predicted molar refractivity (Wildman–Crippen MR) is 56.1 cm³/mol. The maximum Gasteiger partial charge on any atom is 0.323 e. The van der Waals surface area contributed by atoms with E-state index in [1.165, 1.54) is 6.42 Å². The number of piperidine rings is 1. The van der Waals surface area contributed by atoms with Crippen molar-refractivity contribution in [2.75, 3.05) is 6.54 Å². The minimum Gasteiger partial charge on any atom is -0.462 e. The first-order valence-corrected chi connectivity index (χ1v) is 5.68. The maximum absolute atomic E-state index is 11.6. The molecule has 1 rings (SSSR count). The second-order valence-corrected chi connectivity index (χ2v) is 4.04. The van der Waals surface area contributed by atoms with Crippen LogP contribution in [0.1, 0.15) is 46.0 Å². The van der Waals surface area contributed by atoms with Gasteiger partial charge in [-0.3, -0.25) is 4.79 Å². The molecule has 0 aromatic rings. The van der Waals surface area contributed by atoms with E-state index in [2.05, 4.69) is 12.2 Å². The fourth-order valence-electron chi connectivity index (χ4n) is 1.80. The summed E-state index contributed by atoms with van der Waals surface area (Å²) in [5.41, 5.74) is 0. The van der Waals surface area contributed by atoms with Gasteiger partial charge in [-0.25, -0.2) is 0 Å². The molecule has 0 radical (unpaired) electrons. The molecule has 0 aromatic carbocycles. The monoisotopic (exact) mass is 199 g/mol. The van der Waals surface area contributed by atoms with E-state index in [4.69, 9.17) is 4.74 Å². The van der Waals surface area contributed by atoms with Crippen LogP contribution in [0.2, 0.25) is 0 Å². The average Bonchev–Trinajstić information content (AvgIpc) is 2.19. The quantitative estimate of drug-likeness (QED) is 0.702. The minimum atomic E-state index is -0.0642. The van der Waals surface area contributed by atoms with E-state index < -0.39 is 0 Å². The van der Waals surface area contributed by atoms with Gasteiger partial charge in [-0.1, -0.05) is 19.8 Å². The zero-order valence-corrected chi connectivity index (χ0v) is 9.21. The number of nitrogens with one attached hydrogen (secondary N) is 1. The molecule has 1 fully saturated rings. The van der Waals surface area contributed by atoms with Crippen molar-refractivity contribution in [3.8, 4) is 0 Å². The molecule has 1 unspecified atom stereocenters. The van der Waals surface area contributed by atoms with Crippen LogP contribution in [0, 0.1) is 0 Å². The molecule has 0 aromatic heterocycles.